The van der Waals surface area contributed by atoms with Crippen LogP contribution in [-0.2, 0) is 11.3 Å². The maximum absolute atomic E-state index is 12.4. The van der Waals surface area contributed by atoms with E-state index in [1.54, 1.807) is 6.92 Å². The molecule has 2 rings (SSSR count). The van der Waals surface area contributed by atoms with Gasteiger partial charge in [0.05, 0.1) is 23.8 Å². The van der Waals surface area contributed by atoms with Crippen LogP contribution >= 0.6 is 0 Å². The van der Waals surface area contributed by atoms with Crippen molar-refractivity contribution in [2.24, 2.45) is 0 Å². The highest BCUT2D eigenvalue weighted by molar-refractivity contribution is 5.89. The van der Waals surface area contributed by atoms with Crippen LogP contribution in [0.2, 0.25) is 0 Å². The Morgan fingerprint density at radius 3 is 2.48 bits per heavy atom. The van der Waals surface area contributed by atoms with Gasteiger partial charge in [-0.2, -0.15) is 14.0 Å². The zero-order valence-corrected chi connectivity index (χ0v) is 13.4. The van der Waals surface area contributed by atoms with E-state index in [4.69, 9.17) is 14.7 Å². The topological polar surface area (TPSA) is 68.5 Å². The van der Waals surface area contributed by atoms with Crippen LogP contribution in [0.5, 0.6) is 11.5 Å². The third kappa shape index (κ3) is 5.18. The van der Waals surface area contributed by atoms with Crippen LogP contribution in [0.1, 0.15) is 28.4 Å². The van der Waals surface area contributed by atoms with Gasteiger partial charge in [0, 0.05) is 0 Å². The van der Waals surface area contributed by atoms with Crippen molar-refractivity contribution in [2.45, 2.75) is 20.1 Å². The summed E-state index contributed by atoms with van der Waals surface area (Å²) in [5.41, 5.74) is 1.31. The molecular weight excluding hydrogens is 332 g/mol. The molecule has 0 atom stereocenters. The first-order chi connectivity index (χ1) is 12.0. The van der Waals surface area contributed by atoms with Gasteiger partial charge in [0.1, 0.15) is 6.61 Å². The first-order valence-corrected chi connectivity index (χ1v) is 7.41. The Balaban J connectivity index is 2.05. The van der Waals surface area contributed by atoms with E-state index in [-0.39, 0.29) is 24.7 Å². The molecule has 0 aliphatic rings. The van der Waals surface area contributed by atoms with E-state index in [1.807, 2.05) is 6.07 Å². The molecule has 0 saturated heterocycles. The van der Waals surface area contributed by atoms with E-state index in [0.29, 0.717) is 16.7 Å². The van der Waals surface area contributed by atoms with Crippen molar-refractivity contribution in [1.29, 1.82) is 5.26 Å². The lowest BCUT2D eigenvalue weighted by atomic mass is 10.1. The van der Waals surface area contributed by atoms with Crippen LogP contribution in [0, 0.1) is 11.3 Å². The molecule has 25 heavy (non-hydrogen) atoms. The van der Waals surface area contributed by atoms with Crippen LogP contribution < -0.4 is 9.47 Å². The summed E-state index contributed by atoms with van der Waals surface area (Å²) in [6, 6.07) is 12.3. The molecule has 0 amide bonds. The SMILES string of the molecule is CCOc1cc(COC(=O)c2ccc(C#N)cc2)ccc1OC(F)F. The first kappa shape index (κ1) is 18.2. The van der Waals surface area contributed by atoms with Gasteiger partial charge in [-0.1, -0.05) is 6.07 Å². The Labute approximate surface area is 143 Å². The molecule has 0 spiro atoms. The maximum atomic E-state index is 12.4. The molecule has 0 aromatic heterocycles. The number of hydrogen-bond donors (Lipinski definition) is 0. The van der Waals surface area contributed by atoms with E-state index >= 15 is 0 Å². The van der Waals surface area contributed by atoms with E-state index < -0.39 is 12.6 Å². The molecule has 0 N–H and O–H groups in total. The second-order valence-electron chi connectivity index (χ2n) is 4.86. The molecule has 0 unspecified atom stereocenters. The second-order valence-corrected chi connectivity index (χ2v) is 4.86. The molecule has 130 valence electrons. The lowest BCUT2D eigenvalue weighted by molar-refractivity contribution is -0.0514. The Morgan fingerprint density at radius 1 is 1.16 bits per heavy atom. The van der Waals surface area contributed by atoms with Crippen LogP contribution in [0.4, 0.5) is 8.78 Å². The number of benzene rings is 2. The lowest BCUT2D eigenvalue weighted by Crippen LogP contribution is -2.07. The van der Waals surface area contributed by atoms with E-state index in [1.165, 1.54) is 42.5 Å². The van der Waals surface area contributed by atoms with Crippen LogP contribution in [0.25, 0.3) is 0 Å². The molecule has 0 fully saturated rings. The molecule has 5 nitrogen and oxygen atoms in total. The van der Waals surface area contributed by atoms with Crippen molar-refractivity contribution < 1.29 is 27.8 Å². The third-order valence-corrected chi connectivity index (χ3v) is 3.14. The molecule has 0 radical (unpaired) electrons. The van der Waals surface area contributed by atoms with Crippen molar-refractivity contribution in [3.05, 3.63) is 59.2 Å². The highest BCUT2D eigenvalue weighted by Gasteiger charge is 2.13. The number of carbonyl (C=O) groups is 1. The largest absolute Gasteiger partial charge is 0.490 e. The van der Waals surface area contributed by atoms with Gasteiger partial charge < -0.3 is 14.2 Å². The fourth-order valence-electron chi connectivity index (χ4n) is 2.02. The Hall–Kier alpha value is -3.14. The molecule has 0 heterocycles. The van der Waals surface area contributed by atoms with Crippen molar-refractivity contribution >= 4 is 5.97 Å². The van der Waals surface area contributed by atoms with E-state index in [0.717, 1.165) is 0 Å². The number of esters is 1. The van der Waals surface area contributed by atoms with Crippen molar-refractivity contribution in [1.82, 2.24) is 0 Å². The fourth-order valence-corrected chi connectivity index (χ4v) is 2.02. The molecule has 0 aliphatic carbocycles. The second kappa shape index (κ2) is 8.64. The van der Waals surface area contributed by atoms with Gasteiger partial charge in [-0.15, -0.1) is 0 Å². The highest BCUT2D eigenvalue weighted by Crippen LogP contribution is 2.30. The smallest absolute Gasteiger partial charge is 0.387 e. The van der Waals surface area contributed by atoms with Crippen LogP contribution in [0.15, 0.2) is 42.5 Å². The summed E-state index contributed by atoms with van der Waals surface area (Å²) in [5.74, 6) is -0.496. The molecule has 0 saturated carbocycles. The summed E-state index contributed by atoms with van der Waals surface area (Å²) in [7, 11) is 0. The fraction of sp³-hybridized carbons (Fsp3) is 0.222. The van der Waals surface area contributed by atoms with Crippen molar-refractivity contribution in [3.8, 4) is 17.6 Å². The normalized spacial score (nSPS) is 10.2. The molecule has 0 bridgehead atoms. The number of nitrogens with zero attached hydrogens (tertiary/aromatic N) is 1. The summed E-state index contributed by atoms with van der Waals surface area (Å²) in [6.45, 7) is -1.04. The molecule has 2 aromatic rings. The van der Waals surface area contributed by atoms with Gasteiger partial charge in [-0.25, -0.2) is 4.79 Å². The number of halogens is 2. The van der Waals surface area contributed by atoms with E-state index in [2.05, 4.69) is 4.74 Å². The van der Waals surface area contributed by atoms with E-state index in [9.17, 15) is 13.6 Å². The minimum atomic E-state index is -2.96. The summed E-state index contributed by atoms with van der Waals surface area (Å²) in [6.07, 6.45) is 0. The van der Waals surface area contributed by atoms with Gasteiger partial charge in [0.25, 0.3) is 0 Å². The van der Waals surface area contributed by atoms with Crippen LogP contribution in [-0.4, -0.2) is 19.2 Å². The summed E-state index contributed by atoms with van der Waals surface area (Å²) in [4.78, 5) is 12.0. The monoisotopic (exact) mass is 347 g/mol. The van der Waals surface area contributed by atoms with Crippen molar-refractivity contribution in [2.75, 3.05) is 6.61 Å². The van der Waals surface area contributed by atoms with Gasteiger partial charge in [0.15, 0.2) is 11.5 Å². The molecule has 0 aliphatic heterocycles. The minimum Gasteiger partial charge on any atom is -0.490 e. The number of carbonyl (C=O) groups excluding carboxylic acids is 1. The zero-order valence-electron chi connectivity index (χ0n) is 13.4. The Kier molecular flexibility index (Phi) is 6.29. The van der Waals surface area contributed by atoms with Gasteiger partial charge in [-0.3, -0.25) is 0 Å². The average molecular weight is 347 g/mol. The molecule has 2 aromatic carbocycles. The number of nitriles is 1. The Morgan fingerprint density at radius 2 is 1.88 bits per heavy atom. The number of rotatable bonds is 7. The zero-order chi connectivity index (χ0) is 18.2. The standard InChI is InChI=1S/C18H15F2NO4/c1-2-23-16-9-13(5-8-15(16)25-18(19)20)11-24-17(22)14-6-3-12(10-21)4-7-14/h3-9,18H,2,11H2,1H3. The number of alkyl halides is 2. The van der Waals surface area contributed by atoms with Crippen LogP contribution in [0.3, 0.4) is 0 Å². The molecular formula is C18H15F2NO4. The number of hydrogen-bond acceptors (Lipinski definition) is 5. The summed E-state index contributed by atoms with van der Waals surface area (Å²) < 4.78 is 39.6. The molecule has 7 heteroatoms. The Bertz CT molecular complexity index is 770. The lowest BCUT2D eigenvalue weighted by Gasteiger charge is -2.13. The predicted octanol–water partition coefficient (Wildman–Crippen LogP) is 3.92. The number of ether oxygens (including phenoxy) is 3. The highest BCUT2D eigenvalue weighted by atomic mass is 19.3. The average Bonchev–Trinajstić information content (AvgIpc) is 2.61. The maximum Gasteiger partial charge on any atom is 0.387 e. The predicted molar refractivity (Wildman–Crippen MR) is 84.5 cm³/mol. The summed E-state index contributed by atoms with van der Waals surface area (Å²) in [5, 5.41) is 8.73. The minimum absolute atomic E-state index is 0.0616. The van der Waals surface area contributed by atoms with Gasteiger partial charge >= 0.3 is 12.6 Å². The van der Waals surface area contributed by atoms with Gasteiger partial charge in [-0.05, 0) is 48.9 Å². The van der Waals surface area contributed by atoms with Crippen molar-refractivity contribution in [3.63, 3.8) is 0 Å². The quantitative estimate of drug-likeness (QED) is 0.710. The van der Waals surface area contributed by atoms with Gasteiger partial charge in [0.2, 0.25) is 0 Å². The summed E-state index contributed by atoms with van der Waals surface area (Å²) >= 11 is 0. The third-order valence-electron chi connectivity index (χ3n) is 3.14. The first-order valence-electron chi connectivity index (χ1n) is 7.41.